The molecule has 0 saturated carbocycles. The Labute approximate surface area is 254 Å². The van der Waals surface area contributed by atoms with E-state index in [1.165, 1.54) is 0 Å². The first-order chi connectivity index (χ1) is 20.4. The molecule has 0 radical (unpaired) electrons. The van der Waals surface area contributed by atoms with Crippen molar-refractivity contribution in [3.8, 4) is 0 Å². The van der Waals surface area contributed by atoms with Gasteiger partial charge in [0.1, 0.15) is 0 Å². The van der Waals surface area contributed by atoms with Crippen LogP contribution in [0.3, 0.4) is 0 Å². The Morgan fingerprint density at radius 2 is 0.810 bits per heavy atom. The second kappa shape index (κ2) is 19.1. The van der Waals surface area contributed by atoms with Crippen LogP contribution in [0, 0.1) is 0 Å². The van der Waals surface area contributed by atoms with Crippen molar-refractivity contribution in [1.82, 2.24) is 0 Å². The van der Waals surface area contributed by atoms with E-state index >= 15 is 0 Å². The number of hydrogen-bond acceptors (Lipinski definition) is 6. The van der Waals surface area contributed by atoms with E-state index in [4.69, 9.17) is 22.5 Å². The first-order valence-electron chi connectivity index (χ1n) is 13.9. The molecule has 0 saturated heterocycles. The van der Waals surface area contributed by atoms with Crippen molar-refractivity contribution in [2.24, 2.45) is 0 Å². The summed E-state index contributed by atoms with van der Waals surface area (Å²) in [7, 11) is -4.24. The lowest BCUT2D eigenvalue weighted by molar-refractivity contribution is 0.208. The van der Waals surface area contributed by atoms with Gasteiger partial charge in [0, 0.05) is 27.4 Å². The minimum absolute atomic E-state index is 0.314. The highest BCUT2D eigenvalue weighted by atomic mass is 28.4. The van der Waals surface area contributed by atoms with E-state index in [1.54, 1.807) is 21.1 Å². The van der Waals surface area contributed by atoms with E-state index in [9.17, 15) is 4.46 Å². The van der Waals surface area contributed by atoms with Gasteiger partial charge in [0.15, 0.2) is 0 Å². The van der Waals surface area contributed by atoms with Crippen molar-refractivity contribution < 1.29 is 31.4 Å². The van der Waals surface area contributed by atoms with Crippen LogP contribution in [-0.2, 0) is 26.6 Å². The Morgan fingerprint density at radius 3 is 1.00 bits per heavy atom. The average Bonchev–Trinajstić information content (AvgIpc) is 3.04. The molecule has 0 aliphatic carbocycles. The maximum Gasteiger partial charge on any atom is 0.764 e. The van der Waals surface area contributed by atoms with Crippen LogP contribution in [0.2, 0.25) is 0 Å². The van der Waals surface area contributed by atoms with E-state index in [0.29, 0.717) is 19.8 Å². The SMILES string of the molecule is CCO[Si](=O)O.CCO[Si](OCC)(c1ccccc1)c1ccccc1.CO[Si](OC)(c1ccccc1)c1ccccc1. The lowest BCUT2D eigenvalue weighted by atomic mass is 10.4. The second-order valence-electron chi connectivity index (χ2n) is 8.67. The summed E-state index contributed by atoms with van der Waals surface area (Å²) in [6, 6.07) is 40.9. The maximum atomic E-state index is 9.56. The molecule has 0 aliphatic heterocycles. The lowest BCUT2D eigenvalue weighted by Gasteiger charge is -2.30. The van der Waals surface area contributed by atoms with E-state index < -0.39 is 26.3 Å². The summed E-state index contributed by atoms with van der Waals surface area (Å²) in [5.74, 6) is 0. The van der Waals surface area contributed by atoms with Crippen molar-refractivity contribution >= 4 is 47.0 Å². The van der Waals surface area contributed by atoms with Crippen LogP contribution in [0.15, 0.2) is 121 Å². The molecule has 4 rings (SSSR count). The van der Waals surface area contributed by atoms with Gasteiger partial charge in [0.2, 0.25) is 0 Å². The second-order valence-corrected chi connectivity index (χ2v) is 15.7. The molecule has 0 unspecified atom stereocenters. The van der Waals surface area contributed by atoms with Crippen LogP contribution in [0.5, 0.6) is 0 Å². The van der Waals surface area contributed by atoms with Gasteiger partial charge in [0.05, 0.1) is 6.61 Å². The standard InChI is InChI=1S/C16H20O2Si.C14H16O2Si.C2H6O3Si/c1-3-17-19(18-4-2,15-11-7-5-8-12-15)16-13-9-6-10-14-16;1-15-17(16-2,13-9-5-3-6-10-13)14-11-7-4-8-12-14;1-2-5-6(3)4/h5-14H,3-4H2,1-2H3;3-12H,1-2H3;3H,2H2,1H3. The minimum Gasteiger partial charge on any atom is -0.511 e. The van der Waals surface area contributed by atoms with Crippen LogP contribution in [-0.4, -0.2) is 65.1 Å². The highest BCUT2D eigenvalue weighted by Crippen LogP contribution is 2.10. The van der Waals surface area contributed by atoms with Gasteiger partial charge >= 0.3 is 26.3 Å². The first-order valence-corrected chi connectivity index (χ1v) is 18.8. The van der Waals surface area contributed by atoms with E-state index in [-0.39, 0.29) is 0 Å². The Morgan fingerprint density at radius 1 is 0.524 bits per heavy atom. The first kappa shape index (κ1) is 35.0. The molecular formula is C32H42O7Si3. The van der Waals surface area contributed by atoms with E-state index in [1.807, 2.05) is 86.6 Å². The monoisotopic (exact) mass is 622 g/mol. The van der Waals surface area contributed by atoms with Crippen LogP contribution in [0.4, 0.5) is 0 Å². The summed E-state index contributed by atoms with van der Waals surface area (Å²) in [4.78, 5) is 7.88. The predicted molar refractivity (Wildman–Crippen MR) is 173 cm³/mol. The molecule has 4 aromatic rings. The molecule has 42 heavy (non-hydrogen) atoms. The fourth-order valence-electron chi connectivity index (χ4n) is 4.42. The lowest BCUT2D eigenvalue weighted by Crippen LogP contribution is -2.63. The van der Waals surface area contributed by atoms with Gasteiger partial charge in [-0.3, -0.25) is 4.46 Å². The number of rotatable bonds is 12. The van der Waals surface area contributed by atoms with Gasteiger partial charge < -0.3 is 26.9 Å². The topological polar surface area (TPSA) is 83.5 Å². The zero-order valence-electron chi connectivity index (χ0n) is 25.1. The molecular weight excluding hydrogens is 581 g/mol. The highest BCUT2D eigenvalue weighted by Gasteiger charge is 2.42. The van der Waals surface area contributed by atoms with Crippen LogP contribution in [0.25, 0.3) is 0 Å². The van der Waals surface area contributed by atoms with E-state index in [2.05, 4.69) is 53.0 Å². The third kappa shape index (κ3) is 9.67. The third-order valence-electron chi connectivity index (χ3n) is 6.15. The molecule has 0 heterocycles. The molecule has 10 heteroatoms. The van der Waals surface area contributed by atoms with Gasteiger partial charge in [-0.15, -0.1) is 0 Å². The maximum absolute atomic E-state index is 9.56. The quantitative estimate of drug-likeness (QED) is 0.243. The van der Waals surface area contributed by atoms with Gasteiger partial charge in [-0.25, -0.2) is 0 Å². The normalized spacial score (nSPS) is 10.9. The molecule has 0 aliphatic rings. The number of benzene rings is 4. The van der Waals surface area contributed by atoms with Crippen LogP contribution >= 0.6 is 0 Å². The Kier molecular flexibility index (Phi) is 15.9. The van der Waals surface area contributed by atoms with Gasteiger partial charge in [-0.2, -0.15) is 0 Å². The van der Waals surface area contributed by atoms with Crippen molar-refractivity contribution in [2.45, 2.75) is 20.8 Å². The summed E-state index contributed by atoms with van der Waals surface area (Å²) in [5, 5.41) is 4.56. The fourth-order valence-corrected chi connectivity index (χ4v) is 10.5. The van der Waals surface area contributed by atoms with Crippen molar-refractivity contribution in [2.75, 3.05) is 34.0 Å². The van der Waals surface area contributed by atoms with Crippen LogP contribution in [0.1, 0.15) is 20.8 Å². The largest absolute Gasteiger partial charge is 0.764 e. The van der Waals surface area contributed by atoms with Gasteiger partial charge in [0.25, 0.3) is 0 Å². The van der Waals surface area contributed by atoms with Crippen molar-refractivity contribution in [1.29, 1.82) is 0 Å². The summed E-state index contributed by atoms with van der Waals surface area (Å²) in [6.45, 7) is 7.32. The third-order valence-corrected chi connectivity index (χ3v) is 13.6. The van der Waals surface area contributed by atoms with E-state index in [0.717, 1.165) is 20.7 Å². The molecule has 0 bridgehead atoms. The van der Waals surface area contributed by atoms with Crippen molar-refractivity contribution in [3.63, 3.8) is 0 Å². The van der Waals surface area contributed by atoms with Crippen LogP contribution < -0.4 is 20.7 Å². The summed E-state index contributed by atoms with van der Waals surface area (Å²) in [6.07, 6.45) is 0. The predicted octanol–water partition coefficient (Wildman–Crippen LogP) is 3.28. The molecule has 4 aromatic carbocycles. The molecule has 0 spiro atoms. The number of hydrogen-bond donors (Lipinski definition) is 1. The molecule has 224 valence electrons. The Bertz CT molecular complexity index is 1170. The molecule has 1 N–H and O–H groups in total. The smallest absolute Gasteiger partial charge is 0.511 e. The molecule has 7 nitrogen and oxygen atoms in total. The fraction of sp³-hybridized carbons (Fsp3) is 0.250. The average molecular weight is 623 g/mol. The molecule has 0 aromatic heterocycles. The van der Waals surface area contributed by atoms with Gasteiger partial charge in [-0.1, -0.05) is 121 Å². The summed E-state index contributed by atoms with van der Waals surface area (Å²) < 4.78 is 37.6. The Hall–Kier alpha value is -3.23. The van der Waals surface area contributed by atoms with Gasteiger partial charge in [-0.05, 0) is 41.5 Å². The minimum atomic E-state index is -2.64. The summed E-state index contributed by atoms with van der Waals surface area (Å²) >= 11 is 0. The molecule has 0 atom stereocenters. The molecule has 0 amide bonds. The zero-order chi connectivity index (χ0) is 30.7. The van der Waals surface area contributed by atoms with Crippen molar-refractivity contribution in [3.05, 3.63) is 121 Å². The highest BCUT2D eigenvalue weighted by molar-refractivity contribution is 6.93. The Balaban J connectivity index is 0.000000248. The summed E-state index contributed by atoms with van der Waals surface area (Å²) in [5.41, 5.74) is 0. The zero-order valence-corrected chi connectivity index (χ0v) is 28.1. The molecule has 0 fully saturated rings.